The Morgan fingerprint density at radius 2 is 2.24 bits per heavy atom. The van der Waals surface area contributed by atoms with Crippen LogP contribution in [0, 0.1) is 6.92 Å². The van der Waals surface area contributed by atoms with Gasteiger partial charge in [-0.05, 0) is 30.0 Å². The molecule has 4 rings (SSSR count). The highest BCUT2D eigenvalue weighted by Gasteiger charge is 2.26. The van der Waals surface area contributed by atoms with Crippen molar-refractivity contribution in [2.24, 2.45) is 0 Å². The smallest absolute Gasteiger partial charge is 0.273 e. The number of oxazole rings is 1. The first-order chi connectivity index (χ1) is 12.1. The molecule has 0 spiro atoms. The summed E-state index contributed by atoms with van der Waals surface area (Å²) in [5.74, 6) is 1.49. The molecule has 1 aromatic carbocycles. The number of hydrogen-bond acceptors (Lipinski definition) is 6. The molecule has 1 aliphatic carbocycles. The van der Waals surface area contributed by atoms with Crippen LogP contribution in [0.25, 0.3) is 11.4 Å². The van der Waals surface area contributed by atoms with Crippen molar-refractivity contribution in [3.05, 3.63) is 53.1 Å². The van der Waals surface area contributed by atoms with E-state index in [9.17, 15) is 4.79 Å². The van der Waals surface area contributed by atoms with Crippen molar-refractivity contribution in [3.8, 4) is 11.4 Å². The number of hydrogen-bond donors (Lipinski definition) is 1. The van der Waals surface area contributed by atoms with Gasteiger partial charge in [0.2, 0.25) is 11.7 Å². The monoisotopic (exact) mass is 338 g/mol. The molecule has 0 aliphatic heterocycles. The Morgan fingerprint density at radius 3 is 2.96 bits per heavy atom. The van der Waals surface area contributed by atoms with E-state index in [-0.39, 0.29) is 11.9 Å². The second-order valence-electron chi connectivity index (χ2n) is 6.10. The normalized spacial score (nSPS) is 16.0. The van der Waals surface area contributed by atoms with Crippen molar-refractivity contribution in [1.82, 2.24) is 20.4 Å². The Kier molecular flexibility index (Phi) is 3.83. The third-order valence-corrected chi connectivity index (χ3v) is 4.41. The SMILES string of the molecule is CCc1nc(-c2ccc3c(c2)CC[C@H]3NC(=O)c2coc(C)n2)no1. The third-order valence-electron chi connectivity index (χ3n) is 4.41. The average Bonchev–Trinajstić information content (AvgIpc) is 3.34. The van der Waals surface area contributed by atoms with E-state index in [0.29, 0.717) is 29.7 Å². The third kappa shape index (κ3) is 2.93. The van der Waals surface area contributed by atoms with E-state index >= 15 is 0 Å². The van der Waals surface area contributed by atoms with Crippen molar-refractivity contribution < 1.29 is 13.7 Å². The highest BCUT2D eigenvalue weighted by Crippen LogP contribution is 2.33. The molecule has 1 atom stereocenters. The van der Waals surface area contributed by atoms with Gasteiger partial charge < -0.3 is 14.3 Å². The molecular formula is C18H18N4O3. The van der Waals surface area contributed by atoms with Crippen molar-refractivity contribution in [3.63, 3.8) is 0 Å². The van der Waals surface area contributed by atoms with Crippen LogP contribution in [0.15, 0.2) is 33.4 Å². The molecular weight excluding hydrogens is 320 g/mol. The largest absolute Gasteiger partial charge is 0.448 e. The quantitative estimate of drug-likeness (QED) is 0.786. The maximum atomic E-state index is 12.3. The summed E-state index contributed by atoms with van der Waals surface area (Å²) in [5, 5.41) is 7.04. The van der Waals surface area contributed by atoms with Crippen molar-refractivity contribution in [1.29, 1.82) is 0 Å². The highest BCUT2D eigenvalue weighted by atomic mass is 16.5. The first-order valence-electron chi connectivity index (χ1n) is 8.33. The predicted octanol–water partition coefficient (Wildman–Crippen LogP) is 3.01. The minimum atomic E-state index is -0.218. The molecule has 1 amide bonds. The molecule has 25 heavy (non-hydrogen) atoms. The number of benzene rings is 1. The molecule has 0 bridgehead atoms. The standard InChI is InChI=1S/C18H18N4O3/c1-3-16-21-17(22-25-16)12-4-6-13-11(8-12)5-7-14(13)20-18(23)15-9-24-10(2)19-15/h4,6,8-9,14H,3,5,7H2,1-2H3,(H,20,23)/t14-/m1/s1. The van der Waals surface area contributed by atoms with E-state index in [2.05, 4.69) is 26.5 Å². The molecule has 2 heterocycles. The summed E-state index contributed by atoms with van der Waals surface area (Å²) in [6.45, 7) is 3.69. The van der Waals surface area contributed by atoms with Gasteiger partial charge in [0, 0.05) is 18.9 Å². The molecule has 1 N–H and O–H groups in total. The van der Waals surface area contributed by atoms with Gasteiger partial charge in [-0.1, -0.05) is 24.2 Å². The number of carbonyl (C=O) groups excluding carboxylic acids is 1. The van der Waals surface area contributed by atoms with Crippen LogP contribution >= 0.6 is 0 Å². The summed E-state index contributed by atoms with van der Waals surface area (Å²) in [5.41, 5.74) is 3.56. The first-order valence-corrected chi connectivity index (χ1v) is 8.33. The van der Waals surface area contributed by atoms with Gasteiger partial charge in [0.15, 0.2) is 11.6 Å². The van der Waals surface area contributed by atoms with E-state index in [0.717, 1.165) is 24.0 Å². The number of aryl methyl sites for hydroxylation is 3. The fourth-order valence-corrected chi connectivity index (χ4v) is 3.12. The van der Waals surface area contributed by atoms with Crippen LogP contribution in [0.4, 0.5) is 0 Å². The zero-order valence-corrected chi connectivity index (χ0v) is 14.1. The lowest BCUT2D eigenvalue weighted by atomic mass is 10.0. The van der Waals surface area contributed by atoms with Crippen LogP contribution in [0.2, 0.25) is 0 Å². The first kappa shape index (κ1) is 15.6. The van der Waals surface area contributed by atoms with Crippen LogP contribution in [0.5, 0.6) is 0 Å². The van der Waals surface area contributed by atoms with Crippen molar-refractivity contribution in [2.45, 2.75) is 39.2 Å². The minimum Gasteiger partial charge on any atom is -0.448 e. The highest BCUT2D eigenvalue weighted by molar-refractivity contribution is 5.92. The number of rotatable bonds is 4. The van der Waals surface area contributed by atoms with E-state index in [1.165, 1.54) is 11.8 Å². The summed E-state index contributed by atoms with van der Waals surface area (Å²) < 4.78 is 10.3. The Hall–Kier alpha value is -2.96. The average molecular weight is 338 g/mol. The number of fused-ring (bicyclic) bond motifs is 1. The lowest BCUT2D eigenvalue weighted by Crippen LogP contribution is -2.27. The number of carbonyl (C=O) groups is 1. The lowest BCUT2D eigenvalue weighted by molar-refractivity contribution is 0.0931. The predicted molar refractivity (Wildman–Crippen MR) is 88.9 cm³/mol. The fourth-order valence-electron chi connectivity index (χ4n) is 3.12. The summed E-state index contributed by atoms with van der Waals surface area (Å²) in [6, 6.07) is 6.04. The molecule has 0 saturated carbocycles. The molecule has 0 fully saturated rings. The Labute approximate surface area is 144 Å². The van der Waals surface area contributed by atoms with E-state index < -0.39 is 0 Å². The second kappa shape index (κ2) is 6.16. The van der Waals surface area contributed by atoms with Gasteiger partial charge in [-0.25, -0.2) is 4.98 Å². The number of nitrogens with one attached hydrogen (secondary N) is 1. The molecule has 7 heteroatoms. The summed E-state index contributed by atoms with van der Waals surface area (Å²) in [7, 11) is 0. The van der Waals surface area contributed by atoms with Crippen LogP contribution in [0.1, 0.15) is 52.8 Å². The summed E-state index contributed by atoms with van der Waals surface area (Å²) in [4.78, 5) is 20.7. The molecule has 128 valence electrons. The van der Waals surface area contributed by atoms with Gasteiger partial charge >= 0.3 is 0 Å². The van der Waals surface area contributed by atoms with Gasteiger partial charge in [-0.3, -0.25) is 4.79 Å². The molecule has 1 aliphatic rings. The molecule has 3 aromatic rings. The maximum Gasteiger partial charge on any atom is 0.273 e. The Balaban J connectivity index is 1.54. The Morgan fingerprint density at radius 1 is 1.36 bits per heavy atom. The number of aromatic nitrogens is 3. The van der Waals surface area contributed by atoms with Crippen LogP contribution in [0.3, 0.4) is 0 Å². The second-order valence-corrected chi connectivity index (χ2v) is 6.10. The fraction of sp³-hybridized carbons (Fsp3) is 0.333. The number of amides is 1. The zero-order chi connectivity index (χ0) is 17.4. The molecule has 7 nitrogen and oxygen atoms in total. The maximum absolute atomic E-state index is 12.3. The van der Waals surface area contributed by atoms with Crippen LogP contribution in [-0.2, 0) is 12.8 Å². The zero-order valence-electron chi connectivity index (χ0n) is 14.1. The van der Waals surface area contributed by atoms with E-state index in [1.807, 2.05) is 19.1 Å². The van der Waals surface area contributed by atoms with Gasteiger partial charge in [-0.15, -0.1) is 0 Å². The Bertz CT molecular complexity index is 928. The summed E-state index contributed by atoms with van der Waals surface area (Å²) >= 11 is 0. The van der Waals surface area contributed by atoms with Gasteiger partial charge in [0.05, 0.1) is 6.04 Å². The molecule has 0 unspecified atom stereocenters. The molecule has 0 radical (unpaired) electrons. The van der Waals surface area contributed by atoms with Gasteiger partial charge in [0.1, 0.15) is 6.26 Å². The van der Waals surface area contributed by atoms with Crippen molar-refractivity contribution in [2.75, 3.05) is 0 Å². The molecule has 2 aromatic heterocycles. The summed E-state index contributed by atoms with van der Waals surface area (Å²) in [6.07, 6.45) is 3.84. The van der Waals surface area contributed by atoms with Crippen molar-refractivity contribution >= 4 is 5.91 Å². The van der Waals surface area contributed by atoms with E-state index in [1.54, 1.807) is 6.92 Å². The topological polar surface area (TPSA) is 94.1 Å². The van der Waals surface area contributed by atoms with Gasteiger partial charge in [0.25, 0.3) is 5.91 Å². The number of nitrogens with zero attached hydrogens (tertiary/aromatic N) is 3. The van der Waals surface area contributed by atoms with Crippen LogP contribution in [-0.4, -0.2) is 21.0 Å². The minimum absolute atomic E-state index is 0.0231. The van der Waals surface area contributed by atoms with Gasteiger partial charge in [-0.2, -0.15) is 4.98 Å². The van der Waals surface area contributed by atoms with Crippen LogP contribution < -0.4 is 5.32 Å². The molecule has 0 saturated heterocycles. The van der Waals surface area contributed by atoms with E-state index in [4.69, 9.17) is 8.94 Å². The lowest BCUT2D eigenvalue weighted by Gasteiger charge is -2.13.